The molecule has 3 rings (SSSR count). The number of hydrogen-bond donors (Lipinski definition) is 1. The summed E-state index contributed by atoms with van der Waals surface area (Å²) < 4.78 is 44.0. The van der Waals surface area contributed by atoms with Gasteiger partial charge in [0.15, 0.2) is 0 Å². The Balaban J connectivity index is 1.74. The van der Waals surface area contributed by atoms with Crippen molar-refractivity contribution in [2.75, 3.05) is 5.32 Å². The Bertz CT molecular complexity index is 782. The molecule has 0 saturated heterocycles. The Hall–Kier alpha value is -2.50. The Morgan fingerprint density at radius 3 is 2.64 bits per heavy atom. The molecule has 1 aliphatic rings. The van der Waals surface area contributed by atoms with E-state index in [1.165, 1.54) is 6.07 Å². The SMILES string of the molecule is Cc1ccc(NC(=O)C2CC2)c(OCc2cccc(C(F)(F)F)c2)c1. The summed E-state index contributed by atoms with van der Waals surface area (Å²) in [5.41, 5.74) is 1.17. The van der Waals surface area contributed by atoms with Crippen molar-refractivity contribution >= 4 is 11.6 Å². The summed E-state index contributed by atoms with van der Waals surface area (Å²) in [6.07, 6.45) is -2.61. The number of hydrogen-bond acceptors (Lipinski definition) is 2. The fourth-order valence-corrected chi connectivity index (χ4v) is 2.43. The molecule has 1 saturated carbocycles. The van der Waals surface area contributed by atoms with Gasteiger partial charge in [-0.1, -0.05) is 18.2 Å². The summed E-state index contributed by atoms with van der Waals surface area (Å²) in [6, 6.07) is 10.4. The summed E-state index contributed by atoms with van der Waals surface area (Å²) >= 11 is 0. The van der Waals surface area contributed by atoms with E-state index in [4.69, 9.17) is 4.74 Å². The molecule has 3 nitrogen and oxygen atoms in total. The molecule has 0 unspecified atom stereocenters. The normalized spacial score (nSPS) is 14.2. The second kappa shape index (κ2) is 6.78. The lowest BCUT2D eigenvalue weighted by Crippen LogP contribution is -2.14. The molecule has 132 valence electrons. The van der Waals surface area contributed by atoms with E-state index in [1.807, 2.05) is 13.0 Å². The summed E-state index contributed by atoms with van der Waals surface area (Å²) in [7, 11) is 0. The second-order valence-corrected chi connectivity index (χ2v) is 6.25. The number of rotatable bonds is 5. The van der Waals surface area contributed by atoms with Gasteiger partial charge in [0.2, 0.25) is 5.91 Å². The van der Waals surface area contributed by atoms with Gasteiger partial charge in [-0.05, 0) is 55.2 Å². The Morgan fingerprint density at radius 1 is 1.20 bits per heavy atom. The number of aryl methyl sites for hydroxylation is 1. The van der Waals surface area contributed by atoms with E-state index in [9.17, 15) is 18.0 Å². The highest BCUT2D eigenvalue weighted by molar-refractivity contribution is 5.95. The van der Waals surface area contributed by atoms with E-state index in [2.05, 4.69) is 5.32 Å². The zero-order valence-electron chi connectivity index (χ0n) is 13.7. The number of carbonyl (C=O) groups excluding carboxylic acids is 1. The standard InChI is InChI=1S/C19H18F3NO2/c1-12-5-8-16(23-18(24)14-6-7-14)17(9-12)25-11-13-3-2-4-15(10-13)19(20,21)22/h2-5,8-10,14H,6-7,11H2,1H3,(H,23,24). The summed E-state index contributed by atoms with van der Waals surface area (Å²) in [6.45, 7) is 1.86. The van der Waals surface area contributed by atoms with Crippen LogP contribution < -0.4 is 10.1 Å². The van der Waals surface area contributed by atoms with Crippen LogP contribution in [0, 0.1) is 12.8 Å². The van der Waals surface area contributed by atoms with Gasteiger partial charge in [0.05, 0.1) is 11.3 Å². The van der Waals surface area contributed by atoms with E-state index in [0.29, 0.717) is 17.0 Å². The summed E-state index contributed by atoms with van der Waals surface area (Å²) in [5.74, 6) is 0.455. The van der Waals surface area contributed by atoms with Gasteiger partial charge in [-0.25, -0.2) is 0 Å². The Kier molecular flexibility index (Phi) is 4.70. The van der Waals surface area contributed by atoms with Crippen LogP contribution in [-0.2, 0) is 17.6 Å². The monoisotopic (exact) mass is 349 g/mol. The first kappa shape index (κ1) is 17.3. The third-order valence-corrected chi connectivity index (χ3v) is 3.99. The van der Waals surface area contributed by atoms with Gasteiger partial charge >= 0.3 is 6.18 Å². The van der Waals surface area contributed by atoms with E-state index in [1.54, 1.807) is 18.2 Å². The molecule has 0 radical (unpaired) electrons. The molecule has 0 aliphatic heterocycles. The smallest absolute Gasteiger partial charge is 0.416 e. The zero-order chi connectivity index (χ0) is 18.0. The number of nitrogens with one attached hydrogen (secondary N) is 1. The van der Waals surface area contributed by atoms with E-state index in [0.717, 1.165) is 30.5 Å². The van der Waals surface area contributed by atoms with Gasteiger partial charge in [-0.15, -0.1) is 0 Å². The van der Waals surface area contributed by atoms with Crippen molar-refractivity contribution in [1.82, 2.24) is 0 Å². The molecule has 1 fully saturated rings. The van der Waals surface area contributed by atoms with Crippen molar-refractivity contribution in [2.45, 2.75) is 32.5 Å². The third kappa shape index (κ3) is 4.53. The van der Waals surface area contributed by atoms with Crippen LogP contribution in [0.15, 0.2) is 42.5 Å². The fraction of sp³-hybridized carbons (Fsp3) is 0.316. The van der Waals surface area contributed by atoms with Gasteiger partial charge in [-0.3, -0.25) is 4.79 Å². The van der Waals surface area contributed by atoms with Crippen molar-refractivity contribution < 1.29 is 22.7 Å². The third-order valence-electron chi connectivity index (χ3n) is 3.99. The van der Waals surface area contributed by atoms with Gasteiger partial charge in [0.25, 0.3) is 0 Å². The van der Waals surface area contributed by atoms with E-state index >= 15 is 0 Å². The van der Waals surface area contributed by atoms with Crippen LogP contribution in [0.3, 0.4) is 0 Å². The molecule has 25 heavy (non-hydrogen) atoms. The predicted molar refractivity (Wildman–Crippen MR) is 88.3 cm³/mol. The molecule has 2 aromatic carbocycles. The molecule has 0 bridgehead atoms. The second-order valence-electron chi connectivity index (χ2n) is 6.25. The van der Waals surface area contributed by atoms with E-state index in [-0.39, 0.29) is 18.4 Å². The average molecular weight is 349 g/mol. The number of anilines is 1. The van der Waals surface area contributed by atoms with Crippen LogP contribution >= 0.6 is 0 Å². The van der Waals surface area contributed by atoms with E-state index < -0.39 is 11.7 Å². The molecule has 0 aromatic heterocycles. The topological polar surface area (TPSA) is 38.3 Å². The fourth-order valence-electron chi connectivity index (χ4n) is 2.43. The summed E-state index contributed by atoms with van der Waals surface area (Å²) in [4.78, 5) is 11.9. The van der Waals surface area contributed by atoms with Gasteiger partial charge in [0, 0.05) is 5.92 Å². The predicted octanol–water partition coefficient (Wildman–Crippen LogP) is 4.94. The molecule has 1 amide bonds. The highest BCUT2D eigenvalue weighted by Crippen LogP contribution is 2.33. The van der Waals surface area contributed by atoms with Crippen molar-refractivity contribution in [3.05, 3.63) is 59.2 Å². The van der Waals surface area contributed by atoms with Gasteiger partial charge in [-0.2, -0.15) is 13.2 Å². The van der Waals surface area contributed by atoms with Crippen LogP contribution in [-0.4, -0.2) is 5.91 Å². The van der Waals surface area contributed by atoms with Crippen LogP contribution in [0.25, 0.3) is 0 Å². The minimum Gasteiger partial charge on any atom is -0.487 e. The average Bonchev–Trinajstić information content (AvgIpc) is 3.39. The summed E-state index contributed by atoms with van der Waals surface area (Å²) in [5, 5.41) is 2.83. The van der Waals surface area contributed by atoms with Crippen LogP contribution in [0.5, 0.6) is 5.75 Å². The molecule has 1 N–H and O–H groups in total. The maximum absolute atomic E-state index is 12.8. The number of carbonyl (C=O) groups is 1. The first-order valence-corrected chi connectivity index (χ1v) is 8.03. The lowest BCUT2D eigenvalue weighted by atomic mass is 10.1. The van der Waals surface area contributed by atoms with Crippen LogP contribution in [0.1, 0.15) is 29.5 Å². The minimum absolute atomic E-state index is 0.0142. The molecule has 0 atom stereocenters. The number of amides is 1. The number of benzene rings is 2. The number of ether oxygens (including phenoxy) is 1. The minimum atomic E-state index is -4.39. The lowest BCUT2D eigenvalue weighted by molar-refractivity contribution is -0.137. The van der Waals surface area contributed by atoms with Crippen LogP contribution in [0.4, 0.5) is 18.9 Å². The van der Waals surface area contributed by atoms with Crippen molar-refractivity contribution in [2.24, 2.45) is 5.92 Å². The van der Waals surface area contributed by atoms with Crippen molar-refractivity contribution in [1.29, 1.82) is 0 Å². The quantitative estimate of drug-likeness (QED) is 0.830. The molecule has 6 heteroatoms. The van der Waals surface area contributed by atoms with Crippen molar-refractivity contribution in [3.63, 3.8) is 0 Å². The Morgan fingerprint density at radius 2 is 1.96 bits per heavy atom. The molecule has 1 aliphatic carbocycles. The van der Waals surface area contributed by atoms with Gasteiger partial charge in [0.1, 0.15) is 12.4 Å². The van der Waals surface area contributed by atoms with Crippen molar-refractivity contribution in [3.8, 4) is 5.75 Å². The zero-order valence-corrected chi connectivity index (χ0v) is 13.7. The molecular formula is C19H18F3NO2. The highest BCUT2D eigenvalue weighted by Gasteiger charge is 2.31. The molecule has 0 heterocycles. The lowest BCUT2D eigenvalue weighted by Gasteiger charge is -2.14. The molecule has 2 aromatic rings. The Labute approximate surface area is 143 Å². The maximum atomic E-state index is 12.8. The first-order chi connectivity index (χ1) is 11.8. The largest absolute Gasteiger partial charge is 0.487 e. The van der Waals surface area contributed by atoms with Gasteiger partial charge < -0.3 is 10.1 Å². The maximum Gasteiger partial charge on any atom is 0.416 e. The highest BCUT2D eigenvalue weighted by atomic mass is 19.4. The molecule has 0 spiro atoms. The van der Waals surface area contributed by atoms with Crippen LogP contribution in [0.2, 0.25) is 0 Å². The number of alkyl halides is 3. The number of halogens is 3. The molecular weight excluding hydrogens is 331 g/mol. The first-order valence-electron chi connectivity index (χ1n) is 8.03.